The molecule has 0 radical (unpaired) electrons. The van der Waals surface area contributed by atoms with E-state index in [9.17, 15) is 0 Å². The van der Waals surface area contributed by atoms with E-state index >= 15 is 0 Å². The Morgan fingerprint density at radius 1 is 0.857 bits per heavy atom. The van der Waals surface area contributed by atoms with Crippen LogP contribution in [0, 0.1) is 0 Å². The minimum Gasteiger partial charge on any atom is -0.395 e. The fourth-order valence-electron chi connectivity index (χ4n) is 2.78. The van der Waals surface area contributed by atoms with Crippen molar-refractivity contribution < 1.29 is 10.2 Å². The normalized spacial score (nSPS) is 11.9. The van der Waals surface area contributed by atoms with E-state index < -0.39 is 0 Å². The summed E-state index contributed by atoms with van der Waals surface area (Å²) >= 11 is 6.34. The average molecular weight is 420 g/mol. The zero-order valence-electron chi connectivity index (χ0n) is 16.6. The largest absolute Gasteiger partial charge is 0.395 e. The highest BCUT2D eigenvalue weighted by Crippen LogP contribution is 2.37. The van der Waals surface area contributed by atoms with Gasteiger partial charge in [0.1, 0.15) is 0 Å². The molecular weight excluding hydrogens is 390 g/mol. The minimum absolute atomic E-state index is 0.127. The van der Waals surface area contributed by atoms with Crippen molar-refractivity contribution in [3.63, 3.8) is 0 Å². The molecule has 0 saturated carbocycles. The predicted molar refractivity (Wildman–Crippen MR) is 126 cm³/mol. The van der Waals surface area contributed by atoms with Gasteiger partial charge in [-0.2, -0.15) is 0 Å². The quantitative estimate of drug-likeness (QED) is 0.270. The maximum absolute atomic E-state index is 9.11. The predicted octanol–water partition coefficient (Wildman–Crippen LogP) is 3.17. The molecule has 7 heteroatoms. The molecule has 0 bridgehead atoms. The van der Waals surface area contributed by atoms with Crippen molar-refractivity contribution in [2.24, 2.45) is 0 Å². The van der Waals surface area contributed by atoms with Crippen molar-refractivity contribution in [3.8, 4) is 0 Å². The summed E-state index contributed by atoms with van der Waals surface area (Å²) in [6.45, 7) is 1.45. The number of hydrogen-bond donors (Lipinski definition) is 4. The number of likely N-dealkylation sites (N-methyl/N-ethyl adjacent to an activating group) is 2. The number of nitrogens with one attached hydrogen (secondary N) is 1. The first kappa shape index (κ1) is 22.6. The smallest absolute Gasteiger partial charge is 0.0606 e. The molecule has 152 valence electrons. The van der Waals surface area contributed by atoms with Crippen molar-refractivity contribution in [3.05, 3.63) is 59.7 Å². The summed E-state index contributed by atoms with van der Waals surface area (Å²) in [4.78, 5) is 5.96. The number of nitrogens with zero attached hydrogens (tertiary/aromatic N) is 2. The first-order valence-corrected chi connectivity index (χ1v) is 10.4. The van der Waals surface area contributed by atoms with E-state index in [2.05, 4.69) is 29.0 Å². The van der Waals surface area contributed by atoms with Gasteiger partial charge in [0.15, 0.2) is 0 Å². The number of anilines is 2. The van der Waals surface area contributed by atoms with Crippen LogP contribution < -0.4 is 14.5 Å². The highest BCUT2D eigenvalue weighted by molar-refractivity contribution is 8.08. The van der Waals surface area contributed by atoms with E-state index in [0.29, 0.717) is 13.1 Å². The van der Waals surface area contributed by atoms with Crippen LogP contribution in [0.5, 0.6) is 0 Å². The topological polar surface area (TPSA) is 59.0 Å². The third kappa shape index (κ3) is 5.93. The molecule has 0 heterocycles. The Labute approximate surface area is 177 Å². The highest BCUT2D eigenvalue weighted by Gasteiger charge is 2.11. The molecule has 2 aromatic carbocycles. The van der Waals surface area contributed by atoms with Crippen molar-refractivity contribution in [1.82, 2.24) is 4.72 Å². The summed E-state index contributed by atoms with van der Waals surface area (Å²) < 4.78 is 3.15. The second kappa shape index (κ2) is 11.4. The number of aliphatic hydroxyl groups excluding tert-OH is 2. The number of benzene rings is 2. The third-order valence-electron chi connectivity index (χ3n) is 4.44. The summed E-state index contributed by atoms with van der Waals surface area (Å²) in [6, 6.07) is 16.4. The van der Waals surface area contributed by atoms with E-state index in [1.165, 1.54) is 11.9 Å². The number of hydrogen-bond acceptors (Lipinski definition) is 7. The monoisotopic (exact) mass is 419 g/mol. The van der Waals surface area contributed by atoms with Gasteiger partial charge in [-0.1, -0.05) is 24.3 Å². The molecule has 0 saturated heterocycles. The lowest BCUT2D eigenvalue weighted by Gasteiger charge is -2.19. The van der Waals surface area contributed by atoms with Gasteiger partial charge in [-0.25, -0.2) is 0 Å². The van der Waals surface area contributed by atoms with Gasteiger partial charge in [0, 0.05) is 48.4 Å². The average Bonchev–Trinajstić information content (AvgIpc) is 2.72. The van der Waals surface area contributed by atoms with Crippen LogP contribution in [0.3, 0.4) is 0 Å². The Bertz CT molecular complexity index is 764. The number of thiol groups is 1. The van der Waals surface area contributed by atoms with Gasteiger partial charge >= 0.3 is 0 Å². The molecule has 2 aromatic rings. The molecule has 0 aromatic heterocycles. The van der Waals surface area contributed by atoms with Crippen LogP contribution in [-0.2, 0) is 0 Å². The molecule has 28 heavy (non-hydrogen) atoms. The van der Waals surface area contributed by atoms with E-state index in [1.807, 2.05) is 55.2 Å². The molecule has 0 spiro atoms. The second-order valence-corrected chi connectivity index (χ2v) is 7.84. The van der Waals surface area contributed by atoms with Gasteiger partial charge < -0.3 is 20.0 Å². The van der Waals surface area contributed by atoms with Gasteiger partial charge in [-0.15, -0.1) is 12.6 Å². The Balaban J connectivity index is 2.31. The van der Waals surface area contributed by atoms with Crippen LogP contribution in [0.2, 0.25) is 0 Å². The SMILES string of the molecule is CNS/C(=C(\S)c1ccc(N(C)CCO)cc1)c1ccc(N(C)CCO)cc1. The fraction of sp³-hybridized carbons (Fsp3) is 0.333. The van der Waals surface area contributed by atoms with Crippen molar-refractivity contribution in [2.75, 3.05) is 57.2 Å². The molecular formula is C21H29N3O2S2. The van der Waals surface area contributed by atoms with Gasteiger partial charge in [-0.3, -0.25) is 4.72 Å². The van der Waals surface area contributed by atoms with Crippen LogP contribution >= 0.6 is 24.6 Å². The van der Waals surface area contributed by atoms with Gasteiger partial charge in [0.25, 0.3) is 0 Å². The second-order valence-electron chi connectivity index (χ2n) is 6.37. The third-order valence-corrected chi connectivity index (χ3v) is 5.92. The minimum atomic E-state index is 0.127. The molecule has 0 aliphatic carbocycles. The summed E-state index contributed by atoms with van der Waals surface area (Å²) in [5, 5.41) is 18.2. The lowest BCUT2D eigenvalue weighted by atomic mass is 10.1. The standard InChI is InChI=1S/C21H29N3O2S2/c1-22-28-21(17-6-10-19(11-7-17)24(3)13-15-26)20(27)16-4-8-18(9-5-16)23(2)12-14-25/h4-11,22,25-27H,12-15H2,1-3H3/b21-20-. The van der Waals surface area contributed by atoms with Crippen LogP contribution in [0.15, 0.2) is 48.5 Å². The first-order chi connectivity index (χ1) is 13.5. The Hall–Kier alpha value is -1.64. The molecule has 0 aliphatic heterocycles. The van der Waals surface area contributed by atoms with E-state index in [1.54, 1.807) is 0 Å². The zero-order chi connectivity index (χ0) is 20.5. The molecule has 0 unspecified atom stereocenters. The molecule has 2 rings (SSSR count). The lowest BCUT2D eigenvalue weighted by Crippen LogP contribution is -2.20. The number of rotatable bonds is 10. The van der Waals surface area contributed by atoms with E-state index in [0.717, 1.165) is 32.3 Å². The number of aliphatic hydroxyl groups is 2. The summed E-state index contributed by atoms with van der Waals surface area (Å²) in [5.74, 6) is 0. The summed E-state index contributed by atoms with van der Waals surface area (Å²) in [7, 11) is 5.81. The molecule has 0 fully saturated rings. The van der Waals surface area contributed by atoms with Crippen LogP contribution in [0.25, 0.3) is 9.81 Å². The fourth-order valence-corrected chi connectivity index (χ4v) is 3.86. The molecule has 0 aliphatic rings. The highest BCUT2D eigenvalue weighted by atomic mass is 32.2. The van der Waals surface area contributed by atoms with Gasteiger partial charge in [0.05, 0.1) is 13.2 Å². The van der Waals surface area contributed by atoms with Crippen molar-refractivity contribution >= 4 is 45.8 Å². The summed E-state index contributed by atoms with van der Waals surface area (Å²) in [6.07, 6.45) is 0. The maximum atomic E-state index is 9.11. The van der Waals surface area contributed by atoms with Crippen molar-refractivity contribution in [2.45, 2.75) is 0 Å². The van der Waals surface area contributed by atoms with Gasteiger partial charge in [-0.05, 0) is 54.4 Å². The lowest BCUT2D eigenvalue weighted by molar-refractivity contribution is 0.304. The first-order valence-electron chi connectivity index (χ1n) is 9.13. The van der Waals surface area contributed by atoms with E-state index in [-0.39, 0.29) is 13.2 Å². The van der Waals surface area contributed by atoms with Crippen molar-refractivity contribution in [1.29, 1.82) is 0 Å². The molecule has 5 nitrogen and oxygen atoms in total. The Kier molecular flexibility index (Phi) is 9.21. The van der Waals surface area contributed by atoms with E-state index in [4.69, 9.17) is 22.8 Å². The Morgan fingerprint density at radius 3 is 1.68 bits per heavy atom. The molecule has 0 amide bonds. The molecule has 0 atom stereocenters. The summed E-state index contributed by atoms with van der Waals surface area (Å²) in [5.41, 5.74) is 4.22. The maximum Gasteiger partial charge on any atom is 0.0606 e. The zero-order valence-corrected chi connectivity index (χ0v) is 18.3. The van der Waals surface area contributed by atoms with Crippen LogP contribution in [-0.4, -0.2) is 57.7 Å². The van der Waals surface area contributed by atoms with Crippen LogP contribution in [0.4, 0.5) is 11.4 Å². The molecule has 3 N–H and O–H groups in total. The van der Waals surface area contributed by atoms with Gasteiger partial charge in [0.2, 0.25) is 0 Å². The van der Waals surface area contributed by atoms with Crippen LogP contribution in [0.1, 0.15) is 11.1 Å². The Morgan fingerprint density at radius 2 is 1.29 bits per heavy atom.